The standard InChI is InChI=1S/C34H50NO2.Y/c1-20-12-13-25-28(22(20)3)24-19-23-14-16-31(6)32(7,34(23,9)29(24)35(25)10)17-15-26-33(31,8)21(2)18-27(37-26)30(4,5)36-11;/h12-13,18,21,23,26-27H,14-17,19H2,1-11H3;/q-1;/t21?,23?,26?,27?,31-,32+,33?,34-;/m1./s1. The number of rotatable bonds is 2. The van der Waals surface area contributed by atoms with E-state index in [0.717, 1.165) is 12.3 Å². The molecule has 1 radical (unpaired) electrons. The molecule has 1 aromatic heterocycles. The van der Waals surface area contributed by atoms with Crippen molar-refractivity contribution in [1.29, 1.82) is 0 Å². The number of ether oxygens (including phenoxy) is 2. The minimum absolute atomic E-state index is 0. The second-order valence-corrected chi connectivity index (χ2v) is 14.7. The molecule has 2 aromatic rings. The third kappa shape index (κ3) is 3.17. The fourth-order valence-corrected chi connectivity index (χ4v) is 10.5. The molecule has 3 aliphatic carbocycles. The average molecular weight is 594 g/mol. The molecule has 0 spiro atoms. The maximum Gasteiger partial charge on any atom is 0.0605 e. The molecule has 3 nitrogen and oxygen atoms in total. The van der Waals surface area contributed by atoms with Gasteiger partial charge in [0.1, 0.15) is 0 Å². The van der Waals surface area contributed by atoms with Crippen LogP contribution in [0.3, 0.4) is 0 Å². The molecule has 6 rings (SSSR count). The first-order valence-electron chi connectivity index (χ1n) is 14.8. The first-order valence-corrected chi connectivity index (χ1v) is 14.8. The molecule has 1 saturated heterocycles. The topological polar surface area (TPSA) is 23.4 Å². The predicted octanol–water partition coefficient (Wildman–Crippen LogP) is 7.86. The maximum atomic E-state index is 7.01. The summed E-state index contributed by atoms with van der Waals surface area (Å²) in [5.41, 5.74) is 7.94. The molecule has 1 aliphatic heterocycles. The molecule has 0 bridgehead atoms. The van der Waals surface area contributed by atoms with Crippen LogP contribution in [0.4, 0.5) is 0 Å². The molecule has 38 heavy (non-hydrogen) atoms. The van der Waals surface area contributed by atoms with Crippen molar-refractivity contribution in [3.63, 3.8) is 0 Å². The first kappa shape index (κ1) is 29.3. The zero-order valence-electron chi connectivity index (χ0n) is 25.9. The van der Waals surface area contributed by atoms with Gasteiger partial charge in [-0.25, -0.2) is 0 Å². The zero-order chi connectivity index (χ0) is 26.9. The number of benzene rings is 1. The average Bonchev–Trinajstić information content (AvgIpc) is 3.31. The Hall–Kier alpha value is -0.216. The van der Waals surface area contributed by atoms with Gasteiger partial charge in [0.15, 0.2) is 0 Å². The van der Waals surface area contributed by atoms with E-state index in [4.69, 9.17) is 9.47 Å². The van der Waals surface area contributed by atoms with E-state index in [-0.39, 0.29) is 72.2 Å². The van der Waals surface area contributed by atoms with Crippen LogP contribution < -0.4 is 0 Å². The molecule has 4 heteroatoms. The molecule has 1 aromatic carbocycles. The van der Waals surface area contributed by atoms with E-state index < -0.39 is 0 Å². The second-order valence-electron chi connectivity index (χ2n) is 14.7. The summed E-state index contributed by atoms with van der Waals surface area (Å²) in [5, 5.41) is 1.55. The zero-order valence-corrected chi connectivity index (χ0v) is 28.8. The van der Waals surface area contributed by atoms with E-state index in [2.05, 4.69) is 92.5 Å². The molecular weight excluding hydrogens is 543 g/mol. The maximum absolute atomic E-state index is 7.01. The van der Waals surface area contributed by atoms with Crippen LogP contribution in [-0.4, -0.2) is 29.5 Å². The van der Waals surface area contributed by atoms with Gasteiger partial charge in [-0.2, -0.15) is 5.92 Å². The first-order chi connectivity index (χ1) is 17.2. The third-order valence-electron chi connectivity index (χ3n) is 13.8. The monoisotopic (exact) mass is 593 g/mol. The molecule has 2 saturated carbocycles. The van der Waals surface area contributed by atoms with Crippen LogP contribution in [0, 0.1) is 48.3 Å². The Morgan fingerprint density at radius 3 is 2.37 bits per heavy atom. The summed E-state index contributed by atoms with van der Waals surface area (Å²) in [6.45, 7) is 22.0. The van der Waals surface area contributed by atoms with Crippen LogP contribution in [0.15, 0.2) is 12.1 Å². The van der Waals surface area contributed by atoms with Crippen molar-refractivity contribution in [3.05, 3.63) is 40.9 Å². The summed E-state index contributed by atoms with van der Waals surface area (Å²) in [6.07, 6.45) is 9.00. The van der Waals surface area contributed by atoms with E-state index in [1.54, 1.807) is 16.6 Å². The van der Waals surface area contributed by atoms with Crippen molar-refractivity contribution < 1.29 is 42.2 Å². The fourth-order valence-electron chi connectivity index (χ4n) is 10.5. The molecule has 3 fully saturated rings. The Morgan fingerprint density at radius 1 is 1.05 bits per heavy atom. The number of aromatic nitrogens is 1. The number of aryl methyl sites for hydroxylation is 3. The largest absolute Gasteiger partial charge is 0.403 e. The molecular formula is C34H50NO2Y-. The van der Waals surface area contributed by atoms with Crippen LogP contribution in [0.25, 0.3) is 10.9 Å². The van der Waals surface area contributed by atoms with Gasteiger partial charge >= 0.3 is 0 Å². The van der Waals surface area contributed by atoms with Crippen molar-refractivity contribution in [2.24, 2.45) is 35.1 Å². The van der Waals surface area contributed by atoms with Gasteiger partial charge in [-0.3, -0.25) is 6.42 Å². The van der Waals surface area contributed by atoms with Crippen LogP contribution in [0.2, 0.25) is 0 Å². The quantitative estimate of drug-likeness (QED) is 0.331. The summed E-state index contributed by atoms with van der Waals surface area (Å²) in [6, 6.07) is 4.70. The summed E-state index contributed by atoms with van der Waals surface area (Å²) in [4.78, 5) is 0. The Morgan fingerprint density at radius 2 is 1.71 bits per heavy atom. The van der Waals surface area contributed by atoms with E-state index in [1.165, 1.54) is 42.3 Å². The van der Waals surface area contributed by atoms with Gasteiger partial charge in [0.2, 0.25) is 0 Å². The van der Waals surface area contributed by atoms with E-state index >= 15 is 0 Å². The van der Waals surface area contributed by atoms with Gasteiger partial charge in [-0.15, -0.1) is 0 Å². The summed E-state index contributed by atoms with van der Waals surface area (Å²) < 4.78 is 15.5. The number of hydrogen-bond donors (Lipinski definition) is 0. The van der Waals surface area contributed by atoms with Gasteiger partial charge in [0, 0.05) is 68.9 Å². The molecule has 8 atom stereocenters. The third-order valence-corrected chi connectivity index (χ3v) is 13.8. The van der Waals surface area contributed by atoms with Crippen molar-refractivity contribution in [3.8, 4) is 0 Å². The molecule has 0 amide bonds. The van der Waals surface area contributed by atoms with Gasteiger partial charge in [-0.1, -0.05) is 40.7 Å². The summed E-state index contributed by atoms with van der Waals surface area (Å²) in [5.74, 6) is 1.18. The van der Waals surface area contributed by atoms with Gasteiger partial charge in [-0.05, 0) is 111 Å². The van der Waals surface area contributed by atoms with Crippen LogP contribution in [-0.2, 0) is 61.1 Å². The van der Waals surface area contributed by atoms with Gasteiger partial charge in [0.05, 0.1) is 11.7 Å². The van der Waals surface area contributed by atoms with Gasteiger partial charge < -0.3 is 14.0 Å². The number of hydrogen-bond acceptors (Lipinski definition) is 2. The summed E-state index contributed by atoms with van der Waals surface area (Å²) in [7, 11) is 4.17. The van der Waals surface area contributed by atoms with E-state index in [1.807, 2.05) is 7.11 Å². The van der Waals surface area contributed by atoms with Gasteiger partial charge in [0.25, 0.3) is 0 Å². The molecule has 2 heterocycles. The minimum atomic E-state index is -0.305. The minimum Gasteiger partial charge on any atom is -0.403 e. The number of methoxy groups -OCH3 is 1. The smallest absolute Gasteiger partial charge is 0.0605 e. The van der Waals surface area contributed by atoms with E-state index in [9.17, 15) is 0 Å². The normalized spacial score (nSPS) is 42.2. The second kappa shape index (κ2) is 8.89. The Labute approximate surface area is 257 Å². The number of fused-ring (bicyclic) bond motifs is 9. The van der Waals surface area contributed by atoms with Crippen LogP contribution >= 0.6 is 0 Å². The Kier molecular flexibility index (Phi) is 6.85. The van der Waals surface area contributed by atoms with Crippen molar-refractivity contribution >= 4 is 10.9 Å². The number of nitrogens with zero attached hydrogens (tertiary/aromatic N) is 1. The Balaban J connectivity index is 0.00000294. The van der Waals surface area contributed by atoms with E-state index in [0.29, 0.717) is 5.92 Å². The molecule has 4 aliphatic rings. The van der Waals surface area contributed by atoms with Crippen molar-refractivity contribution in [1.82, 2.24) is 4.57 Å². The van der Waals surface area contributed by atoms with Crippen LogP contribution in [0.5, 0.6) is 0 Å². The SMILES string of the molecule is COC(C)(C)C1[CH-]C(C)C2(C)C(CC[C@]3(C)[C@@]4(C)c5c(c6c(C)c(C)ccc6n5C)CC4CC[C@@]23C)O1.[Y]. The van der Waals surface area contributed by atoms with Crippen molar-refractivity contribution in [2.75, 3.05) is 7.11 Å². The fraction of sp³-hybridized carbons (Fsp3) is 0.735. The molecule has 5 unspecified atom stereocenters. The van der Waals surface area contributed by atoms with Crippen molar-refractivity contribution in [2.45, 2.75) is 118 Å². The predicted molar refractivity (Wildman–Crippen MR) is 153 cm³/mol. The van der Waals surface area contributed by atoms with Crippen LogP contribution in [0.1, 0.15) is 96.5 Å². The molecule has 0 N–H and O–H groups in total. The Bertz CT molecular complexity index is 1280. The summed E-state index contributed by atoms with van der Waals surface area (Å²) >= 11 is 0. The molecule has 207 valence electrons.